The van der Waals surface area contributed by atoms with Gasteiger partial charge in [0.05, 0.1) is 30.4 Å². The molecule has 5 rings (SSSR count). The minimum Gasteiger partial charge on any atom is -0.394 e. The first kappa shape index (κ1) is 23.3. The maximum absolute atomic E-state index is 12.7. The van der Waals surface area contributed by atoms with E-state index in [-0.39, 0.29) is 18.2 Å². The number of nitrogen functional groups attached to an aromatic ring is 1. The van der Waals surface area contributed by atoms with Crippen LogP contribution in [0.5, 0.6) is 0 Å². The number of nitrogens with zero attached hydrogens (tertiary/aromatic N) is 2. The highest BCUT2D eigenvalue weighted by atomic mass is 32.1. The van der Waals surface area contributed by atoms with Gasteiger partial charge in [0.15, 0.2) is 5.82 Å². The second-order valence-electron chi connectivity index (χ2n) is 8.46. The summed E-state index contributed by atoms with van der Waals surface area (Å²) in [6.45, 7) is 0.508. The van der Waals surface area contributed by atoms with Crippen molar-refractivity contribution in [2.24, 2.45) is 0 Å². The first-order chi connectivity index (χ1) is 17.5. The number of aromatic nitrogens is 2. The number of carbonyl (C=O) groups is 2. The van der Waals surface area contributed by atoms with Crippen LogP contribution in [0.2, 0.25) is 0 Å². The summed E-state index contributed by atoms with van der Waals surface area (Å²) in [5.41, 5.74) is 9.33. The van der Waals surface area contributed by atoms with Crippen LogP contribution in [0.4, 0.5) is 11.5 Å². The van der Waals surface area contributed by atoms with Crippen LogP contribution in [0, 0.1) is 0 Å². The number of anilines is 2. The average Bonchev–Trinajstić information content (AvgIpc) is 3.46. The fourth-order valence-corrected chi connectivity index (χ4v) is 5.03. The molecule has 8 heteroatoms. The van der Waals surface area contributed by atoms with Crippen LogP contribution in [-0.4, -0.2) is 21.6 Å². The lowest BCUT2D eigenvalue weighted by Crippen LogP contribution is -2.24. The molecular weight excluding hydrogens is 470 g/mol. The number of amides is 2. The van der Waals surface area contributed by atoms with Crippen LogP contribution in [0.15, 0.2) is 91.1 Å². The highest BCUT2D eigenvalue weighted by molar-refractivity contribution is 7.19. The number of rotatable bonds is 8. The minimum atomic E-state index is -0.188. The molecule has 0 radical (unpaired) electrons. The standard InChI is InChI=1S/C28H25N5O2S/c29-24-18-33(22-9-5-2-6-10-22)32-28(24)31-27(35)16-23-15-21-12-11-20(13-25(21)36-23)14-26(34)30-17-19-7-3-1-4-8-19/h1-13,15,18H,14,16-17,29H2,(H,30,34)(H,31,32,35). The van der Waals surface area contributed by atoms with Crippen molar-refractivity contribution >= 4 is 44.7 Å². The molecule has 7 nitrogen and oxygen atoms in total. The number of hydrogen-bond acceptors (Lipinski definition) is 5. The number of carbonyl (C=O) groups excluding carboxylic acids is 2. The van der Waals surface area contributed by atoms with Crippen molar-refractivity contribution in [1.29, 1.82) is 0 Å². The summed E-state index contributed by atoms with van der Waals surface area (Å²) in [6.07, 6.45) is 2.20. The molecule has 36 heavy (non-hydrogen) atoms. The number of hydrogen-bond donors (Lipinski definition) is 3. The van der Waals surface area contributed by atoms with Crippen LogP contribution in [0.1, 0.15) is 16.0 Å². The van der Waals surface area contributed by atoms with Gasteiger partial charge in [-0.25, -0.2) is 4.68 Å². The molecule has 5 aromatic rings. The monoisotopic (exact) mass is 495 g/mol. The maximum Gasteiger partial charge on any atom is 0.230 e. The van der Waals surface area contributed by atoms with Crippen LogP contribution in [-0.2, 0) is 29.0 Å². The predicted octanol–water partition coefficient (Wildman–Crippen LogP) is 4.71. The molecule has 0 fully saturated rings. The molecule has 0 aliphatic carbocycles. The Morgan fingerprint density at radius 2 is 1.61 bits per heavy atom. The van der Waals surface area contributed by atoms with Crippen LogP contribution in [0.3, 0.4) is 0 Å². The van der Waals surface area contributed by atoms with E-state index in [2.05, 4.69) is 15.7 Å². The van der Waals surface area contributed by atoms with Crippen molar-refractivity contribution in [3.8, 4) is 5.69 Å². The predicted molar refractivity (Wildman–Crippen MR) is 144 cm³/mol. The lowest BCUT2D eigenvalue weighted by Gasteiger charge is -2.05. The molecule has 2 heterocycles. The van der Waals surface area contributed by atoms with Crippen LogP contribution < -0.4 is 16.4 Å². The lowest BCUT2D eigenvalue weighted by molar-refractivity contribution is -0.120. The van der Waals surface area contributed by atoms with E-state index in [0.717, 1.165) is 31.8 Å². The maximum atomic E-state index is 12.7. The van der Waals surface area contributed by atoms with Gasteiger partial charge in [-0.3, -0.25) is 9.59 Å². The highest BCUT2D eigenvalue weighted by Crippen LogP contribution is 2.28. The van der Waals surface area contributed by atoms with Gasteiger partial charge in [-0.05, 0) is 40.8 Å². The van der Waals surface area contributed by atoms with E-state index in [1.807, 2.05) is 84.9 Å². The summed E-state index contributed by atoms with van der Waals surface area (Å²) in [5, 5.41) is 11.2. The highest BCUT2D eigenvalue weighted by Gasteiger charge is 2.13. The fourth-order valence-electron chi connectivity index (χ4n) is 3.90. The lowest BCUT2D eigenvalue weighted by atomic mass is 10.1. The topological polar surface area (TPSA) is 102 Å². The molecule has 0 aliphatic heterocycles. The Morgan fingerprint density at radius 3 is 2.39 bits per heavy atom. The third kappa shape index (κ3) is 5.61. The first-order valence-corrected chi connectivity index (χ1v) is 12.4. The zero-order chi connectivity index (χ0) is 24.9. The van der Waals surface area contributed by atoms with Crippen LogP contribution >= 0.6 is 11.3 Å². The first-order valence-electron chi connectivity index (χ1n) is 11.6. The molecule has 3 aromatic carbocycles. The van der Waals surface area contributed by atoms with Gasteiger partial charge in [0.2, 0.25) is 11.8 Å². The molecule has 180 valence electrons. The zero-order valence-corrected chi connectivity index (χ0v) is 20.3. The van der Waals surface area contributed by atoms with Gasteiger partial charge in [-0.2, -0.15) is 0 Å². The van der Waals surface area contributed by atoms with Gasteiger partial charge in [0.1, 0.15) is 0 Å². The van der Waals surface area contributed by atoms with Crippen molar-refractivity contribution in [2.75, 3.05) is 11.1 Å². The molecule has 0 unspecified atom stereocenters. The zero-order valence-electron chi connectivity index (χ0n) is 19.5. The van der Waals surface area contributed by atoms with Crippen molar-refractivity contribution in [2.45, 2.75) is 19.4 Å². The molecule has 0 atom stereocenters. The smallest absolute Gasteiger partial charge is 0.230 e. The Hall–Kier alpha value is -4.43. The Bertz CT molecular complexity index is 1510. The molecule has 0 saturated heterocycles. The van der Waals surface area contributed by atoms with E-state index < -0.39 is 0 Å². The summed E-state index contributed by atoms with van der Waals surface area (Å²) in [7, 11) is 0. The number of nitrogens with one attached hydrogen (secondary N) is 2. The van der Waals surface area contributed by atoms with E-state index >= 15 is 0 Å². The van der Waals surface area contributed by atoms with E-state index in [0.29, 0.717) is 24.5 Å². The number of benzene rings is 3. The molecule has 2 aromatic heterocycles. The van der Waals surface area contributed by atoms with Gasteiger partial charge in [-0.15, -0.1) is 16.4 Å². The summed E-state index contributed by atoms with van der Waals surface area (Å²) < 4.78 is 2.68. The fraction of sp³-hybridized carbons (Fsp3) is 0.107. The van der Waals surface area contributed by atoms with Gasteiger partial charge >= 0.3 is 0 Å². The largest absolute Gasteiger partial charge is 0.394 e. The Balaban J connectivity index is 1.20. The van der Waals surface area contributed by atoms with E-state index in [1.165, 1.54) is 0 Å². The number of thiophene rings is 1. The van der Waals surface area contributed by atoms with Crippen molar-refractivity contribution in [3.05, 3.63) is 107 Å². The number of nitrogens with two attached hydrogens (primary N) is 1. The molecule has 4 N–H and O–H groups in total. The van der Waals surface area contributed by atoms with E-state index in [4.69, 9.17) is 5.73 Å². The third-order valence-corrected chi connectivity index (χ3v) is 6.79. The van der Waals surface area contributed by atoms with Crippen molar-refractivity contribution in [1.82, 2.24) is 15.1 Å². The quantitative estimate of drug-likeness (QED) is 0.290. The molecule has 0 aliphatic rings. The second kappa shape index (κ2) is 10.5. The summed E-state index contributed by atoms with van der Waals surface area (Å²) in [4.78, 5) is 26.0. The summed E-state index contributed by atoms with van der Waals surface area (Å²) >= 11 is 1.54. The molecule has 2 amide bonds. The van der Waals surface area contributed by atoms with E-state index in [9.17, 15) is 9.59 Å². The molecule has 0 saturated carbocycles. The second-order valence-corrected chi connectivity index (χ2v) is 9.63. The van der Waals surface area contributed by atoms with Gasteiger partial charge in [0.25, 0.3) is 0 Å². The van der Waals surface area contributed by atoms with Crippen LogP contribution in [0.25, 0.3) is 15.8 Å². The number of para-hydroxylation sites is 1. The summed E-state index contributed by atoms with van der Waals surface area (Å²) in [5.74, 6) is 0.128. The van der Waals surface area contributed by atoms with Gasteiger partial charge < -0.3 is 16.4 Å². The SMILES string of the molecule is Nc1cn(-c2ccccc2)nc1NC(=O)Cc1cc2ccc(CC(=O)NCc3ccccc3)cc2s1. The van der Waals surface area contributed by atoms with Crippen molar-refractivity contribution < 1.29 is 9.59 Å². The Morgan fingerprint density at radius 1 is 0.861 bits per heavy atom. The Kier molecular flexibility index (Phi) is 6.77. The van der Waals surface area contributed by atoms with Gasteiger partial charge in [-0.1, -0.05) is 60.7 Å². The van der Waals surface area contributed by atoms with Crippen molar-refractivity contribution in [3.63, 3.8) is 0 Å². The van der Waals surface area contributed by atoms with E-state index in [1.54, 1.807) is 22.2 Å². The minimum absolute atomic E-state index is 0.0260. The third-order valence-electron chi connectivity index (χ3n) is 5.69. The summed E-state index contributed by atoms with van der Waals surface area (Å²) in [6, 6.07) is 27.4. The molecule has 0 spiro atoms. The average molecular weight is 496 g/mol. The van der Waals surface area contributed by atoms with Gasteiger partial charge in [0, 0.05) is 16.1 Å². The number of fused-ring (bicyclic) bond motifs is 1. The normalized spacial score (nSPS) is 10.9. The molecule has 0 bridgehead atoms. The molecular formula is C28H25N5O2S. The Labute approximate surface area is 212 Å².